The first-order valence-corrected chi connectivity index (χ1v) is 10.6. The van der Waals surface area contributed by atoms with E-state index in [0.717, 1.165) is 43.0 Å². The lowest BCUT2D eigenvalue weighted by Gasteiger charge is -2.18. The fourth-order valence-electron chi connectivity index (χ4n) is 3.45. The Labute approximate surface area is 187 Å². The number of aromatic nitrogens is 4. The van der Waals surface area contributed by atoms with Crippen LogP contribution in [0, 0.1) is 11.3 Å². The van der Waals surface area contributed by atoms with Crippen molar-refractivity contribution in [3.63, 3.8) is 0 Å². The zero-order valence-corrected chi connectivity index (χ0v) is 18.2. The molecule has 1 aliphatic rings. The molecule has 0 aromatic carbocycles. The molecule has 0 saturated carbocycles. The van der Waals surface area contributed by atoms with Crippen LogP contribution in [0.4, 0.5) is 23.3 Å². The van der Waals surface area contributed by atoms with Crippen LogP contribution in [-0.2, 0) is 0 Å². The Balaban J connectivity index is 1.48. The molecule has 0 unspecified atom stereocenters. The van der Waals surface area contributed by atoms with Crippen molar-refractivity contribution in [3.05, 3.63) is 48.4 Å². The van der Waals surface area contributed by atoms with Crippen molar-refractivity contribution in [1.29, 1.82) is 5.26 Å². The van der Waals surface area contributed by atoms with Crippen molar-refractivity contribution < 1.29 is 5.11 Å². The Kier molecular flexibility index (Phi) is 6.14. The van der Waals surface area contributed by atoms with Gasteiger partial charge in [-0.15, -0.1) is 0 Å². The fourth-order valence-corrected chi connectivity index (χ4v) is 3.45. The summed E-state index contributed by atoms with van der Waals surface area (Å²) in [5.74, 6) is 1.83. The summed E-state index contributed by atoms with van der Waals surface area (Å²) in [6.07, 6.45) is 7.34. The van der Waals surface area contributed by atoms with Gasteiger partial charge < -0.3 is 20.6 Å². The Hall–Kier alpha value is -3.77. The number of nitrogens with zero attached hydrogens (tertiary/aromatic N) is 6. The van der Waals surface area contributed by atoms with E-state index in [2.05, 4.69) is 41.5 Å². The minimum atomic E-state index is -0.820. The third-order valence-electron chi connectivity index (χ3n) is 5.07. The topological polar surface area (TPSA) is 123 Å². The summed E-state index contributed by atoms with van der Waals surface area (Å²) in [6, 6.07) is 9.57. The Morgan fingerprint density at radius 2 is 1.94 bits per heavy atom. The SMILES string of the molecule is CC(C)(O)CNc1ccc(Nc2nccc(-c3cnc(N4CCCC4)c(C#N)c3)n2)cn1. The average Bonchev–Trinajstić information content (AvgIpc) is 3.33. The molecule has 32 heavy (non-hydrogen) atoms. The average molecular weight is 431 g/mol. The van der Waals surface area contributed by atoms with Crippen LogP contribution in [0.1, 0.15) is 32.3 Å². The van der Waals surface area contributed by atoms with Gasteiger partial charge in [-0.25, -0.2) is 19.9 Å². The highest BCUT2D eigenvalue weighted by atomic mass is 16.3. The maximum absolute atomic E-state index is 9.81. The molecule has 3 N–H and O–H groups in total. The highest BCUT2D eigenvalue weighted by Gasteiger charge is 2.18. The second-order valence-electron chi connectivity index (χ2n) is 8.39. The summed E-state index contributed by atoms with van der Waals surface area (Å²) in [5.41, 5.74) is 1.90. The molecule has 1 aliphatic heterocycles. The molecule has 0 atom stereocenters. The molecule has 0 spiro atoms. The monoisotopic (exact) mass is 430 g/mol. The van der Waals surface area contributed by atoms with Gasteiger partial charge in [0.25, 0.3) is 0 Å². The van der Waals surface area contributed by atoms with E-state index in [1.165, 1.54) is 0 Å². The maximum atomic E-state index is 9.81. The van der Waals surface area contributed by atoms with Crippen molar-refractivity contribution in [1.82, 2.24) is 19.9 Å². The molecule has 164 valence electrons. The smallest absolute Gasteiger partial charge is 0.227 e. The molecular weight excluding hydrogens is 404 g/mol. The number of hydrogen-bond acceptors (Lipinski definition) is 9. The number of nitrogens with one attached hydrogen (secondary N) is 2. The molecule has 1 saturated heterocycles. The minimum Gasteiger partial charge on any atom is -0.389 e. The van der Waals surface area contributed by atoms with Crippen LogP contribution in [0.2, 0.25) is 0 Å². The molecule has 3 aromatic heterocycles. The molecule has 4 rings (SSSR count). The summed E-state index contributed by atoms with van der Waals surface area (Å²) in [7, 11) is 0. The van der Waals surface area contributed by atoms with Crippen molar-refractivity contribution in [2.24, 2.45) is 0 Å². The van der Waals surface area contributed by atoms with Gasteiger partial charge in [-0.1, -0.05) is 0 Å². The van der Waals surface area contributed by atoms with Gasteiger partial charge in [-0.05, 0) is 51.0 Å². The van der Waals surface area contributed by atoms with E-state index in [1.807, 2.05) is 18.2 Å². The molecule has 9 heteroatoms. The van der Waals surface area contributed by atoms with Crippen LogP contribution < -0.4 is 15.5 Å². The van der Waals surface area contributed by atoms with Gasteiger partial charge in [0.1, 0.15) is 17.7 Å². The summed E-state index contributed by atoms with van der Waals surface area (Å²) in [5, 5.41) is 25.7. The van der Waals surface area contributed by atoms with Crippen LogP contribution >= 0.6 is 0 Å². The fraction of sp³-hybridized carbons (Fsp3) is 0.348. The second-order valence-corrected chi connectivity index (χ2v) is 8.39. The third kappa shape index (κ3) is 5.28. The number of rotatable bonds is 7. The molecule has 1 fully saturated rings. The van der Waals surface area contributed by atoms with Gasteiger partial charge in [0, 0.05) is 37.6 Å². The second kappa shape index (κ2) is 9.16. The zero-order chi connectivity index (χ0) is 22.6. The Morgan fingerprint density at radius 3 is 2.62 bits per heavy atom. The maximum Gasteiger partial charge on any atom is 0.227 e. The first-order valence-electron chi connectivity index (χ1n) is 10.6. The Bertz CT molecular complexity index is 1110. The molecular formula is C23H26N8O. The molecule has 0 aliphatic carbocycles. The van der Waals surface area contributed by atoms with Crippen LogP contribution in [0.5, 0.6) is 0 Å². The highest BCUT2D eigenvalue weighted by molar-refractivity contribution is 5.67. The normalized spacial score (nSPS) is 13.6. The summed E-state index contributed by atoms with van der Waals surface area (Å²) in [4.78, 5) is 19.9. The number of nitriles is 1. The lowest BCUT2D eigenvalue weighted by Crippen LogP contribution is -2.29. The highest BCUT2D eigenvalue weighted by Crippen LogP contribution is 2.26. The summed E-state index contributed by atoms with van der Waals surface area (Å²) in [6.45, 7) is 5.73. The van der Waals surface area contributed by atoms with E-state index in [1.54, 1.807) is 38.5 Å². The predicted octanol–water partition coefficient (Wildman–Crippen LogP) is 3.33. The van der Waals surface area contributed by atoms with Crippen LogP contribution in [0.25, 0.3) is 11.3 Å². The van der Waals surface area contributed by atoms with Crippen LogP contribution in [0.3, 0.4) is 0 Å². The summed E-state index contributed by atoms with van der Waals surface area (Å²) >= 11 is 0. The van der Waals surface area contributed by atoms with Gasteiger partial charge in [0.2, 0.25) is 5.95 Å². The van der Waals surface area contributed by atoms with Crippen molar-refractivity contribution in [2.75, 3.05) is 35.2 Å². The van der Waals surface area contributed by atoms with E-state index < -0.39 is 5.60 Å². The molecule has 0 amide bonds. The van der Waals surface area contributed by atoms with Gasteiger partial charge in [-0.2, -0.15) is 5.26 Å². The minimum absolute atomic E-state index is 0.396. The van der Waals surface area contributed by atoms with Gasteiger partial charge in [0.15, 0.2) is 0 Å². The van der Waals surface area contributed by atoms with Crippen molar-refractivity contribution >= 4 is 23.3 Å². The van der Waals surface area contributed by atoms with E-state index in [4.69, 9.17) is 0 Å². The molecule has 4 heterocycles. The molecule has 9 nitrogen and oxygen atoms in total. The molecule has 0 radical (unpaired) electrons. The van der Waals surface area contributed by atoms with Gasteiger partial charge in [0.05, 0.1) is 28.7 Å². The van der Waals surface area contributed by atoms with Gasteiger partial charge >= 0.3 is 0 Å². The largest absolute Gasteiger partial charge is 0.389 e. The third-order valence-corrected chi connectivity index (χ3v) is 5.07. The van der Waals surface area contributed by atoms with E-state index >= 15 is 0 Å². The van der Waals surface area contributed by atoms with Crippen molar-refractivity contribution in [3.8, 4) is 17.3 Å². The summed E-state index contributed by atoms with van der Waals surface area (Å²) < 4.78 is 0. The number of aliphatic hydroxyl groups is 1. The van der Waals surface area contributed by atoms with Crippen LogP contribution in [-0.4, -0.2) is 50.3 Å². The quantitative estimate of drug-likeness (QED) is 0.518. The van der Waals surface area contributed by atoms with Gasteiger partial charge in [-0.3, -0.25) is 0 Å². The zero-order valence-electron chi connectivity index (χ0n) is 18.2. The van der Waals surface area contributed by atoms with E-state index in [-0.39, 0.29) is 0 Å². The number of anilines is 4. The van der Waals surface area contributed by atoms with Crippen molar-refractivity contribution in [2.45, 2.75) is 32.3 Å². The molecule has 3 aromatic rings. The standard InChI is InChI=1S/C23H26N8O/c1-23(2,32)15-28-20-6-5-18(14-26-20)29-22-25-8-7-19(30-22)17-11-16(12-24)21(27-13-17)31-9-3-4-10-31/h5-8,11,13-14,32H,3-4,9-10,15H2,1-2H3,(H,26,28)(H,25,29,30). The first kappa shape index (κ1) is 21.5. The first-order chi connectivity index (χ1) is 15.4. The number of hydrogen-bond donors (Lipinski definition) is 3. The van der Waals surface area contributed by atoms with Crippen LogP contribution in [0.15, 0.2) is 42.9 Å². The van der Waals surface area contributed by atoms with E-state index in [0.29, 0.717) is 29.6 Å². The lowest BCUT2D eigenvalue weighted by atomic mass is 10.1. The molecule has 0 bridgehead atoms. The van der Waals surface area contributed by atoms with E-state index in [9.17, 15) is 10.4 Å². The Morgan fingerprint density at radius 1 is 1.12 bits per heavy atom. The number of pyridine rings is 2. The predicted molar refractivity (Wildman–Crippen MR) is 124 cm³/mol. The lowest BCUT2D eigenvalue weighted by molar-refractivity contribution is 0.0944.